The van der Waals surface area contributed by atoms with Gasteiger partial charge in [-0.3, -0.25) is 0 Å². The number of nitrogens with zero attached hydrogens (tertiary/aromatic N) is 2. The van der Waals surface area contributed by atoms with Crippen LogP contribution in [0, 0.1) is 0 Å². The van der Waals surface area contributed by atoms with Crippen LogP contribution < -0.4 is 10.1 Å². The molecule has 0 aliphatic carbocycles. The van der Waals surface area contributed by atoms with Crippen molar-refractivity contribution >= 4 is 38.8 Å². The van der Waals surface area contributed by atoms with Gasteiger partial charge in [-0.05, 0) is 48.0 Å². The Morgan fingerprint density at radius 2 is 2.19 bits per heavy atom. The van der Waals surface area contributed by atoms with Gasteiger partial charge in [-0.1, -0.05) is 6.07 Å². The molecule has 0 bridgehead atoms. The van der Waals surface area contributed by atoms with Gasteiger partial charge in [0.2, 0.25) is 11.2 Å². The lowest BCUT2D eigenvalue weighted by Gasteiger charge is -2.20. The van der Waals surface area contributed by atoms with Crippen LogP contribution in [0.1, 0.15) is 12.0 Å². The van der Waals surface area contributed by atoms with Crippen LogP contribution in [-0.4, -0.2) is 16.5 Å². The molecule has 2 aromatic heterocycles. The molecule has 0 spiro atoms. The minimum atomic E-state index is 0.207. The summed E-state index contributed by atoms with van der Waals surface area (Å²) in [6.45, 7) is 1.00. The number of halogens is 1. The maximum atomic E-state index is 6.06. The number of ether oxygens (including phenoxy) is 1. The molecule has 1 aromatic carbocycles. The molecule has 0 fully saturated rings. The first kappa shape index (κ1) is 12.9. The Labute approximate surface area is 130 Å². The normalized spacial score (nSPS) is 13.8. The van der Waals surface area contributed by atoms with Crippen molar-refractivity contribution in [3.63, 3.8) is 0 Å². The van der Waals surface area contributed by atoms with Crippen molar-refractivity contribution in [3.05, 3.63) is 40.5 Å². The van der Waals surface area contributed by atoms with E-state index in [0.717, 1.165) is 41.0 Å². The Morgan fingerprint density at radius 1 is 1.24 bits per heavy atom. The summed E-state index contributed by atoms with van der Waals surface area (Å²) in [5.41, 5.74) is 3.16. The van der Waals surface area contributed by atoms with Crippen molar-refractivity contribution in [2.45, 2.75) is 12.8 Å². The van der Waals surface area contributed by atoms with Crippen LogP contribution in [0.4, 0.5) is 5.69 Å². The van der Waals surface area contributed by atoms with Gasteiger partial charge in [0.05, 0.1) is 5.52 Å². The molecule has 0 atom stereocenters. The van der Waals surface area contributed by atoms with Crippen LogP contribution in [0.5, 0.6) is 11.6 Å². The van der Waals surface area contributed by atoms with E-state index in [4.69, 9.17) is 16.3 Å². The number of anilines is 1. The third-order valence-electron chi connectivity index (χ3n) is 3.50. The van der Waals surface area contributed by atoms with Crippen LogP contribution in [0.15, 0.2) is 29.6 Å². The lowest BCUT2D eigenvalue weighted by Crippen LogP contribution is -2.12. The van der Waals surface area contributed by atoms with Crippen molar-refractivity contribution < 1.29 is 4.74 Å². The number of fused-ring (bicyclic) bond motifs is 2. The van der Waals surface area contributed by atoms with Gasteiger partial charge in [-0.15, -0.1) is 11.3 Å². The Balaban J connectivity index is 1.80. The highest BCUT2D eigenvalue weighted by molar-refractivity contribution is 7.17. The van der Waals surface area contributed by atoms with E-state index in [1.54, 1.807) is 11.3 Å². The van der Waals surface area contributed by atoms with E-state index in [0.29, 0.717) is 5.88 Å². The third kappa shape index (κ3) is 2.32. The van der Waals surface area contributed by atoms with E-state index < -0.39 is 0 Å². The second-order valence-electron chi connectivity index (χ2n) is 4.85. The average Bonchev–Trinajstić information content (AvgIpc) is 2.96. The number of nitrogens with one attached hydrogen (secondary N) is 1. The van der Waals surface area contributed by atoms with E-state index in [9.17, 15) is 0 Å². The summed E-state index contributed by atoms with van der Waals surface area (Å²) in [5, 5.41) is 5.57. The maximum Gasteiger partial charge on any atom is 0.241 e. The molecule has 4 nitrogen and oxygen atoms in total. The van der Waals surface area contributed by atoms with Gasteiger partial charge in [0, 0.05) is 17.8 Å². The predicted molar refractivity (Wildman–Crippen MR) is 85.8 cm³/mol. The molecule has 1 N–H and O–H groups in total. The van der Waals surface area contributed by atoms with Gasteiger partial charge in [0.25, 0.3) is 0 Å². The first-order chi connectivity index (χ1) is 10.3. The predicted octanol–water partition coefficient (Wildman–Crippen LogP) is 4.50. The SMILES string of the molecule is Clc1nc(Oc2cccc3c2CCCN3)c2sccc2n1. The van der Waals surface area contributed by atoms with E-state index >= 15 is 0 Å². The largest absolute Gasteiger partial charge is 0.437 e. The van der Waals surface area contributed by atoms with Crippen molar-refractivity contribution in [1.82, 2.24) is 9.97 Å². The molecule has 6 heteroatoms. The highest BCUT2D eigenvalue weighted by Gasteiger charge is 2.16. The zero-order valence-electron chi connectivity index (χ0n) is 11.1. The van der Waals surface area contributed by atoms with Crippen LogP contribution >= 0.6 is 22.9 Å². The molecule has 21 heavy (non-hydrogen) atoms. The number of thiophene rings is 1. The smallest absolute Gasteiger partial charge is 0.241 e. The first-order valence-corrected chi connectivity index (χ1v) is 8.01. The van der Waals surface area contributed by atoms with E-state index in [2.05, 4.69) is 21.4 Å². The quantitative estimate of drug-likeness (QED) is 0.707. The Bertz CT molecular complexity index is 818. The summed E-state index contributed by atoms with van der Waals surface area (Å²) in [4.78, 5) is 8.44. The summed E-state index contributed by atoms with van der Waals surface area (Å²) >= 11 is 7.54. The topological polar surface area (TPSA) is 47.0 Å². The van der Waals surface area contributed by atoms with Gasteiger partial charge >= 0.3 is 0 Å². The molecule has 0 saturated heterocycles. The van der Waals surface area contributed by atoms with Crippen LogP contribution in [0.25, 0.3) is 10.2 Å². The fourth-order valence-electron chi connectivity index (χ4n) is 2.56. The van der Waals surface area contributed by atoms with Crippen LogP contribution in [-0.2, 0) is 6.42 Å². The lowest BCUT2D eigenvalue weighted by atomic mass is 10.0. The highest BCUT2D eigenvalue weighted by Crippen LogP contribution is 2.37. The van der Waals surface area contributed by atoms with Crippen molar-refractivity contribution in [1.29, 1.82) is 0 Å². The molecule has 4 rings (SSSR count). The molecule has 3 aromatic rings. The summed E-state index contributed by atoms with van der Waals surface area (Å²) in [6.07, 6.45) is 2.11. The van der Waals surface area contributed by atoms with E-state index in [1.807, 2.05) is 23.6 Å². The van der Waals surface area contributed by atoms with Gasteiger partial charge < -0.3 is 10.1 Å². The third-order valence-corrected chi connectivity index (χ3v) is 4.56. The minimum Gasteiger partial charge on any atom is -0.437 e. The molecule has 0 amide bonds. The molecular formula is C15H12ClN3OS. The molecule has 1 aliphatic rings. The summed E-state index contributed by atoms with van der Waals surface area (Å²) in [7, 11) is 0. The number of hydrogen-bond donors (Lipinski definition) is 1. The standard InChI is InChI=1S/C15H12ClN3OS/c16-15-18-11-6-8-21-13(11)14(19-15)20-12-5-1-4-10-9(12)3-2-7-17-10/h1,4-6,8,17H,2-3,7H2. The Kier molecular flexibility index (Phi) is 3.16. The molecule has 0 radical (unpaired) electrons. The second kappa shape index (κ2) is 5.16. The van der Waals surface area contributed by atoms with Crippen LogP contribution in [0.3, 0.4) is 0 Å². The van der Waals surface area contributed by atoms with E-state index in [1.165, 1.54) is 5.56 Å². The van der Waals surface area contributed by atoms with Gasteiger partial charge in [-0.25, -0.2) is 4.98 Å². The Hall–Kier alpha value is -1.85. The molecule has 0 unspecified atom stereocenters. The van der Waals surface area contributed by atoms with Crippen molar-refractivity contribution in [3.8, 4) is 11.6 Å². The van der Waals surface area contributed by atoms with Crippen molar-refractivity contribution in [2.24, 2.45) is 0 Å². The molecular weight excluding hydrogens is 306 g/mol. The van der Waals surface area contributed by atoms with Gasteiger partial charge in [0.15, 0.2) is 0 Å². The second-order valence-corrected chi connectivity index (χ2v) is 6.10. The molecule has 3 heterocycles. The van der Waals surface area contributed by atoms with Crippen LogP contribution in [0.2, 0.25) is 5.28 Å². The summed E-state index contributed by atoms with van der Waals surface area (Å²) < 4.78 is 6.98. The minimum absolute atomic E-state index is 0.207. The van der Waals surface area contributed by atoms with Gasteiger partial charge in [-0.2, -0.15) is 4.98 Å². The summed E-state index contributed by atoms with van der Waals surface area (Å²) in [6, 6.07) is 7.96. The number of benzene rings is 1. The Morgan fingerprint density at radius 3 is 3.14 bits per heavy atom. The number of hydrogen-bond acceptors (Lipinski definition) is 5. The summed E-state index contributed by atoms with van der Waals surface area (Å²) in [5.74, 6) is 1.36. The van der Waals surface area contributed by atoms with E-state index in [-0.39, 0.29) is 5.28 Å². The maximum absolute atomic E-state index is 6.06. The fourth-order valence-corrected chi connectivity index (χ4v) is 3.48. The lowest BCUT2D eigenvalue weighted by molar-refractivity contribution is 0.462. The number of rotatable bonds is 2. The zero-order valence-corrected chi connectivity index (χ0v) is 12.7. The monoisotopic (exact) mass is 317 g/mol. The van der Waals surface area contributed by atoms with Crippen molar-refractivity contribution in [2.75, 3.05) is 11.9 Å². The van der Waals surface area contributed by atoms with Gasteiger partial charge in [0.1, 0.15) is 10.4 Å². The molecule has 1 aliphatic heterocycles. The molecule has 0 saturated carbocycles. The highest BCUT2D eigenvalue weighted by atomic mass is 35.5. The zero-order chi connectivity index (χ0) is 14.2. The first-order valence-electron chi connectivity index (χ1n) is 6.75. The molecule has 106 valence electrons. The fraction of sp³-hybridized carbons (Fsp3) is 0.200. The number of aromatic nitrogens is 2. The average molecular weight is 318 g/mol.